The molecule has 0 aliphatic heterocycles. The molecular weight excluding hydrogens is 292 g/mol. The van der Waals surface area contributed by atoms with Crippen LogP contribution >= 0.6 is 0 Å². The molecule has 1 N–H and O–H groups in total. The van der Waals surface area contributed by atoms with Crippen molar-refractivity contribution in [1.29, 1.82) is 0 Å². The third-order valence-electron chi connectivity index (χ3n) is 3.89. The topological polar surface area (TPSA) is 71.4 Å². The van der Waals surface area contributed by atoms with Gasteiger partial charge in [0.2, 0.25) is 11.6 Å². The molecule has 0 heterocycles. The molecule has 0 bridgehead atoms. The van der Waals surface area contributed by atoms with Crippen molar-refractivity contribution in [2.75, 3.05) is 0 Å². The van der Waals surface area contributed by atoms with Crippen molar-refractivity contribution in [1.82, 2.24) is 0 Å². The Labute approximate surface area is 133 Å². The number of aliphatic hydroxyl groups excluding tert-OH is 1. The van der Waals surface area contributed by atoms with E-state index in [1.165, 1.54) is 6.07 Å². The first kappa shape index (κ1) is 14.9. The Hall–Kier alpha value is -3.01. The molecule has 2 aromatic rings. The Bertz CT molecular complexity index is 831. The molecule has 114 valence electrons. The number of aliphatic hydroxyl groups is 1. The van der Waals surface area contributed by atoms with Crippen molar-refractivity contribution in [2.45, 2.75) is 12.8 Å². The van der Waals surface area contributed by atoms with Crippen molar-refractivity contribution in [3.05, 3.63) is 76.9 Å². The molecule has 3 rings (SSSR count). The molecule has 0 atom stereocenters. The van der Waals surface area contributed by atoms with Gasteiger partial charge in [-0.15, -0.1) is 0 Å². The second-order valence-corrected chi connectivity index (χ2v) is 5.32. The number of carbonyl (C=O) groups is 3. The predicted molar refractivity (Wildman–Crippen MR) is 85.3 cm³/mol. The van der Waals surface area contributed by atoms with Crippen LogP contribution in [0.4, 0.5) is 0 Å². The Morgan fingerprint density at radius 2 is 1.43 bits per heavy atom. The Balaban J connectivity index is 1.86. The summed E-state index contributed by atoms with van der Waals surface area (Å²) in [5.74, 6) is -1.71. The van der Waals surface area contributed by atoms with Gasteiger partial charge in [0.25, 0.3) is 0 Å². The van der Waals surface area contributed by atoms with Crippen LogP contribution in [0.15, 0.2) is 60.2 Å². The highest BCUT2D eigenvalue weighted by molar-refractivity contribution is 6.52. The molecule has 1 aliphatic carbocycles. The van der Waals surface area contributed by atoms with Gasteiger partial charge in [-0.2, -0.15) is 0 Å². The lowest BCUT2D eigenvalue weighted by Gasteiger charge is -2.17. The number of allylic oxidation sites excluding steroid dienone is 1. The zero-order valence-electron chi connectivity index (χ0n) is 12.3. The van der Waals surface area contributed by atoms with Gasteiger partial charge in [0.05, 0.1) is 0 Å². The summed E-state index contributed by atoms with van der Waals surface area (Å²) in [4.78, 5) is 36.4. The minimum atomic E-state index is -0.734. The summed E-state index contributed by atoms with van der Waals surface area (Å²) < 4.78 is 0. The van der Waals surface area contributed by atoms with Crippen LogP contribution in [0.2, 0.25) is 0 Å². The van der Waals surface area contributed by atoms with Crippen molar-refractivity contribution < 1.29 is 19.5 Å². The number of fused-ring (bicyclic) bond motifs is 1. The van der Waals surface area contributed by atoms with Crippen LogP contribution in [0.3, 0.4) is 0 Å². The Morgan fingerprint density at radius 1 is 0.826 bits per heavy atom. The van der Waals surface area contributed by atoms with E-state index in [1.54, 1.807) is 42.5 Å². The zero-order valence-corrected chi connectivity index (χ0v) is 12.3. The number of ketones is 3. The van der Waals surface area contributed by atoms with E-state index in [-0.39, 0.29) is 35.5 Å². The molecular formula is C19H14O4. The first-order chi connectivity index (χ1) is 11.1. The highest BCUT2D eigenvalue weighted by Gasteiger charge is 2.32. The van der Waals surface area contributed by atoms with Gasteiger partial charge in [0.1, 0.15) is 5.76 Å². The lowest BCUT2D eigenvalue weighted by molar-refractivity contribution is -0.112. The minimum Gasteiger partial charge on any atom is -0.507 e. The van der Waals surface area contributed by atoms with Gasteiger partial charge in [-0.25, -0.2) is 0 Å². The molecule has 1 aliphatic rings. The van der Waals surface area contributed by atoms with Crippen LogP contribution in [-0.2, 0) is 4.79 Å². The normalized spacial score (nSPS) is 13.9. The quantitative estimate of drug-likeness (QED) is 0.694. The van der Waals surface area contributed by atoms with Gasteiger partial charge in [-0.1, -0.05) is 54.6 Å². The minimum absolute atomic E-state index is 0.0120. The molecule has 4 heteroatoms. The van der Waals surface area contributed by atoms with Crippen LogP contribution in [0.5, 0.6) is 0 Å². The van der Waals surface area contributed by atoms with Gasteiger partial charge in [-0.05, 0) is 6.42 Å². The lowest BCUT2D eigenvalue weighted by atomic mass is 9.86. The maximum Gasteiger partial charge on any atom is 0.234 e. The fourth-order valence-corrected chi connectivity index (χ4v) is 2.66. The van der Waals surface area contributed by atoms with Gasteiger partial charge in [0.15, 0.2) is 5.78 Å². The van der Waals surface area contributed by atoms with E-state index in [4.69, 9.17) is 0 Å². The number of hydrogen-bond donors (Lipinski definition) is 1. The number of rotatable bonds is 4. The fraction of sp³-hybridized carbons (Fsp3) is 0.105. The zero-order chi connectivity index (χ0) is 16.4. The second kappa shape index (κ2) is 6.01. The smallest absolute Gasteiger partial charge is 0.234 e. The third-order valence-corrected chi connectivity index (χ3v) is 3.89. The molecule has 0 radical (unpaired) electrons. The van der Waals surface area contributed by atoms with Crippen LogP contribution in [0.25, 0.3) is 5.76 Å². The predicted octanol–water partition coefficient (Wildman–Crippen LogP) is 3.38. The molecule has 0 unspecified atom stereocenters. The average Bonchev–Trinajstić information content (AvgIpc) is 2.60. The maximum absolute atomic E-state index is 12.2. The Morgan fingerprint density at radius 3 is 2.13 bits per heavy atom. The van der Waals surface area contributed by atoms with Crippen molar-refractivity contribution in [3.8, 4) is 0 Å². The molecule has 0 amide bonds. The molecule has 0 fully saturated rings. The van der Waals surface area contributed by atoms with E-state index >= 15 is 0 Å². The summed E-state index contributed by atoms with van der Waals surface area (Å²) in [6.45, 7) is 0. The first-order valence-corrected chi connectivity index (χ1v) is 7.28. The first-order valence-electron chi connectivity index (χ1n) is 7.28. The largest absolute Gasteiger partial charge is 0.507 e. The summed E-state index contributed by atoms with van der Waals surface area (Å²) in [5.41, 5.74) is 1.10. The Kier molecular flexibility index (Phi) is 3.89. The summed E-state index contributed by atoms with van der Waals surface area (Å²) in [7, 11) is 0. The average molecular weight is 306 g/mol. The number of benzene rings is 2. The number of hydrogen-bond acceptors (Lipinski definition) is 4. The lowest BCUT2D eigenvalue weighted by Crippen LogP contribution is -2.24. The summed E-state index contributed by atoms with van der Waals surface area (Å²) in [6.07, 6.45) is 0.100. The molecule has 0 saturated carbocycles. The highest BCUT2D eigenvalue weighted by Crippen LogP contribution is 2.30. The molecule has 4 nitrogen and oxygen atoms in total. The molecule has 0 aromatic heterocycles. The summed E-state index contributed by atoms with van der Waals surface area (Å²) in [6, 6.07) is 15.1. The van der Waals surface area contributed by atoms with Crippen LogP contribution in [0, 0.1) is 0 Å². The van der Waals surface area contributed by atoms with E-state index < -0.39 is 11.6 Å². The van der Waals surface area contributed by atoms with Gasteiger partial charge in [-0.3, -0.25) is 14.4 Å². The molecule has 0 saturated heterocycles. The SMILES string of the molecule is O=C1C(=O)c2ccccc2C(O)=C1CCC(=O)c1ccccc1. The van der Waals surface area contributed by atoms with E-state index in [9.17, 15) is 19.5 Å². The van der Waals surface area contributed by atoms with Crippen LogP contribution in [-0.4, -0.2) is 22.5 Å². The van der Waals surface area contributed by atoms with Crippen molar-refractivity contribution in [3.63, 3.8) is 0 Å². The van der Waals surface area contributed by atoms with Crippen LogP contribution < -0.4 is 0 Å². The molecule has 0 spiro atoms. The van der Waals surface area contributed by atoms with E-state index in [1.807, 2.05) is 6.07 Å². The number of carbonyl (C=O) groups excluding carboxylic acids is 3. The van der Waals surface area contributed by atoms with Gasteiger partial charge >= 0.3 is 0 Å². The molecule has 2 aromatic carbocycles. The van der Waals surface area contributed by atoms with Crippen LogP contribution in [0.1, 0.15) is 39.1 Å². The summed E-state index contributed by atoms with van der Waals surface area (Å²) in [5, 5.41) is 10.3. The third kappa shape index (κ3) is 2.71. The second-order valence-electron chi connectivity index (χ2n) is 5.32. The van der Waals surface area contributed by atoms with E-state index in [0.29, 0.717) is 11.1 Å². The number of Topliss-reactive ketones (excluding diaryl/α,β-unsaturated/α-hetero) is 3. The van der Waals surface area contributed by atoms with E-state index in [2.05, 4.69) is 0 Å². The highest BCUT2D eigenvalue weighted by atomic mass is 16.3. The maximum atomic E-state index is 12.2. The summed E-state index contributed by atoms with van der Waals surface area (Å²) >= 11 is 0. The fourth-order valence-electron chi connectivity index (χ4n) is 2.66. The molecule has 23 heavy (non-hydrogen) atoms. The van der Waals surface area contributed by atoms with Crippen molar-refractivity contribution in [2.24, 2.45) is 0 Å². The standard InChI is InChI=1S/C19H14O4/c20-16(12-6-2-1-3-7-12)11-10-15-17(21)13-8-4-5-9-14(13)18(22)19(15)23/h1-9,21H,10-11H2. The van der Waals surface area contributed by atoms with E-state index in [0.717, 1.165) is 0 Å². The van der Waals surface area contributed by atoms with Crippen molar-refractivity contribution >= 4 is 23.1 Å². The monoisotopic (exact) mass is 306 g/mol. The van der Waals surface area contributed by atoms with Gasteiger partial charge < -0.3 is 5.11 Å². The van der Waals surface area contributed by atoms with Gasteiger partial charge in [0, 0.05) is 28.7 Å².